The lowest BCUT2D eigenvalue weighted by Gasteiger charge is -2.18. The molecule has 2 aromatic carbocycles. The molecule has 140 valence electrons. The van der Waals surface area contributed by atoms with Crippen LogP contribution in [0.3, 0.4) is 0 Å². The molecule has 26 heavy (non-hydrogen) atoms. The smallest absolute Gasteiger partial charge is 0.478 e. The Balaban J connectivity index is 2.78. The van der Waals surface area contributed by atoms with Gasteiger partial charge in [-0.1, -0.05) is 24.3 Å². The van der Waals surface area contributed by atoms with Crippen LogP contribution in [0.2, 0.25) is 0 Å². The number of nitrogens with zero attached hydrogens (tertiary/aromatic N) is 1. The van der Waals surface area contributed by atoms with Crippen LogP contribution in [0.5, 0.6) is 5.75 Å². The van der Waals surface area contributed by atoms with Crippen molar-refractivity contribution in [3.05, 3.63) is 48.0 Å². The van der Waals surface area contributed by atoms with Crippen LogP contribution in [-0.2, 0) is 10.0 Å². The lowest BCUT2D eigenvalue weighted by molar-refractivity contribution is -0.274. The molecule has 10 heteroatoms. The van der Waals surface area contributed by atoms with Crippen molar-refractivity contribution in [1.29, 1.82) is 0 Å². The van der Waals surface area contributed by atoms with E-state index >= 15 is 0 Å². The molecule has 0 spiro atoms. The van der Waals surface area contributed by atoms with Gasteiger partial charge in [0.2, 0.25) is 10.0 Å². The van der Waals surface area contributed by atoms with Gasteiger partial charge in [0.1, 0.15) is 5.75 Å². The van der Waals surface area contributed by atoms with Crippen LogP contribution < -0.4 is 4.74 Å². The zero-order chi connectivity index (χ0) is 19.7. The van der Waals surface area contributed by atoms with Gasteiger partial charge in [0.05, 0.1) is 10.5 Å². The zero-order valence-electron chi connectivity index (χ0n) is 13.6. The number of carbonyl (C=O) groups is 1. The van der Waals surface area contributed by atoms with Gasteiger partial charge >= 0.3 is 12.3 Å². The van der Waals surface area contributed by atoms with E-state index in [-0.39, 0.29) is 16.7 Å². The minimum atomic E-state index is -4.97. The van der Waals surface area contributed by atoms with E-state index in [4.69, 9.17) is 5.11 Å². The van der Waals surface area contributed by atoms with E-state index in [0.717, 1.165) is 28.6 Å². The fourth-order valence-corrected chi connectivity index (χ4v) is 3.32. The lowest BCUT2D eigenvalue weighted by Crippen LogP contribution is -2.23. The normalized spacial score (nSPS) is 12.2. The fraction of sp³-hybridized carbons (Fsp3) is 0.188. The van der Waals surface area contributed by atoms with Crippen LogP contribution in [0.25, 0.3) is 11.1 Å². The molecule has 2 aromatic rings. The second-order valence-electron chi connectivity index (χ2n) is 5.35. The number of hydrogen-bond acceptors (Lipinski definition) is 4. The quantitative estimate of drug-likeness (QED) is 0.849. The number of sulfonamides is 1. The minimum absolute atomic E-state index is 0.108. The van der Waals surface area contributed by atoms with Crippen molar-refractivity contribution >= 4 is 16.0 Å². The summed E-state index contributed by atoms with van der Waals surface area (Å²) in [5, 5.41) is 9.10. The van der Waals surface area contributed by atoms with Crippen molar-refractivity contribution in [2.45, 2.75) is 11.3 Å². The summed E-state index contributed by atoms with van der Waals surface area (Å²) in [4.78, 5) is 10.7. The molecule has 2 rings (SSSR count). The van der Waals surface area contributed by atoms with Gasteiger partial charge in [-0.15, -0.1) is 13.2 Å². The monoisotopic (exact) mass is 389 g/mol. The number of aromatic carboxylic acids is 1. The van der Waals surface area contributed by atoms with Gasteiger partial charge < -0.3 is 9.84 Å². The number of carboxylic acid groups (broad SMARTS) is 1. The van der Waals surface area contributed by atoms with Crippen molar-refractivity contribution in [2.75, 3.05) is 14.1 Å². The molecule has 0 radical (unpaired) electrons. The topological polar surface area (TPSA) is 83.9 Å². The number of ether oxygens (including phenoxy) is 1. The van der Waals surface area contributed by atoms with Gasteiger partial charge in [-0.05, 0) is 18.2 Å². The average molecular weight is 389 g/mol. The third-order valence-corrected chi connectivity index (χ3v) is 5.25. The standard InChI is InChI=1S/C16H14F3NO5S/c1-20(2)26(23,24)14-9-10(15(21)22)7-8-12(14)11-5-3-4-6-13(11)25-16(17,18)19/h3-9H,1-2H3,(H,21,22). The van der Waals surface area contributed by atoms with Crippen molar-refractivity contribution in [3.63, 3.8) is 0 Å². The maximum absolute atomic E-state index is 12.6. The third kappa shape index (κ3) is 4.14. The first-order valence-electron chi connectivity index (χ1n) is 7.08. The van der Waals surface area contributed by atoms with Gasteiger partial charge in [-0.2, -0.15) is 0 Å². The number of halogens is 3. The Morgan fingerprint density at radius 2 is 1.69 bits per heavy atom. The largest absolute Gasteiger partial charge is 0.573 e. The third-order valence-electron chi connectivity index (χ3n) is 3.39. The molecule has 0 aliphatic rings. The highest BCUT2D eigenvalue weighted by Crippen LogP contribution is 2.38. The van der Waals surface area contributed by atoms with Crippen LogP contribution in [0.4, 0.5) is 13.2 Å². The van der Waals surface area contributed by atoms with E-state index in [1.165, 1.54) is 32.3 Å². The first kappa shape index (κ1) is 19.7. The van der Waals surface area contributed by atoms with Gasteiger partial charge in [-0.25, -0.2) is 17.5 Å². The molecular formula is C16H14F3NO5S. The summed E-state index contributed by atoms with van der Waals surface area (Å²) in [6.07, 6.45) is -4.97. The van der Waals surface area contributed by atoms with Crippen molar-refractivity contribution < 1.29 is 36.2 Å². The van der Waals surface area contributed by atoms with Crippen molar-refractivity contribution in [2.24, 2.45) is 0 Å². The Morgan fingerprint density at radius 3 is 2.23 bits per heavy atom. The Labute approximate surface area is 147 Å². The number of alkyl halides is 3. The molecule has 0 saturated carbocycles. The molecule has 0 saturated heterocycles. The van der Waals surface area contributed by atoms with E-state index in [0.29, 0.717) is 0 Å². The van der Waals surface area contributed by atoms with E-state index < -0.39 is 33.0 Å². The van der Waals surface area contributed by atoms with Crippen LogP contribution >= 0.6 is 0 Å². The number of rotatable bonds is 5. The first-order valence-corrected chi connectivity index (χ1v) is 8.52. The lowest BCUT2D eigenvalue weighted by atomic mass is 10.0. The fourth-order valence-electron chi connectivity index (χ4n) is 2.19. The highest BCUT2D eigenvalue weighted by atomic mass is 32.2. The first-order chi connectivity index (χ1) is 11.9. The predicted octanol–water partition coefficient (Wildman–Crippen LogP) is 3.20. The SMILES string of the molecule is CN(C)S(=O)(=O)c1cc(C(=O)O)ccc1-c1ccccc1OC(F)(F)F. The van der Waals surface area contributed by atoms with Crippen LogP contribution in [0.15, 0.2) is 47.4 Å². The molecular weight excluding hydrogens is 375 g/mol. The molecule has 6 nitrogen and oxygen atoms in total. The van der Waals surface area contributed by atoms with Crippen molar-refractivity contribution in [3.8, 4) is 16.9 Å². The van der Waals surface area contributed by atoms with Gasteiger partial charge in [0.15, 0.2) is 0 Å². The molecule has 0 aromatic heterocycles. The van der Waals surface area contributed by atoms with Crippen LogP contribution in [-0.4, -0.2) is 44.3 Å². The molecule has 1 N–H and O–H groups in total. The predicted molar refractivity (Wildman–Crippen MR) is 86.4 cm³/mol. The highest BCUT2D eigenvalue weighted by Gasteiger charge is 2.33. The van der Waals surface area contributed by atoms with Gasteiger partial charge in [0.25, 0.3) is 0 Å². The molecule has 0 fully saturated rings. The summed E-state index contributed by atoms with van der Waals surface area (Å²) in [5.74, 6) is -1.97. The summed E-state index contributed by atoms with van der Waals surface area (Å²) in [6.45, 7) is 0. The summed E-state index contributed by atoms with van der Waals surface area (Å²) in [5.41, 5.74) is -0.561. The van der Waals surface area contributed by atoms with E-state index in [1.807, 2.05) is 0 Å². The molecule has 0 aliphatic carbocycles. The van der Waals surface area contributed by atoms with E-state index in [1.54, 1.807) is 0 Å². The van der Waals surface area contributed by atoms with E-state index in [9.17, 15) is 26.4 Å². The van der Waals surface area contributed by atoms with Crippen LogP contribution in [0.1, 0.15) is 10.4 Å². The minimum Gasteiger partial charge on any atom is -0.478 e. The number of carboxylic acids is 1. The molecule has 0 atom stereocenters. The summed E-state index contributed by atoms with van der Waals surface area (Å²) in [7, 11) is -1.69. The second-order valence-corrected chi connectivity index (χ2v) is 7.47. The van der Waals surface area contributed by atoms with E-state index in [2.05, 4.69) is 4.74 Å². The second kappa shape index (κ2) is 6.96. The Kier molecular flexibility index (Phi) is 5.28. The Hall–Kier alpha value is -2.59. The van der Waals surface area contributed by atoms with Crippen LogP contribution in [0, 0.1) is 0 Å². The molecule has 0 bridgehead atoms. The summed E-state index contributed by atoms with van der Waals surface area (Å²) in [6, 6.07) is 8.16. The molecule has 0 aliphatic heterocycles. The molecule has 0 heterocycles. The average Bonchev–Trinajstić information content (AvgIpc) is 2.53. The highest BCUT2D eigenvalue weighted by molar-refractivity contribution is 7.89. The number of hydrogen-bond donors (Lipinski definition) is 1. The maximum Gasteiger partial charge on any atom is 0.573 e. The Morgan fingerprint density at radius 1 is 1.08 bits per heavy atom. The summed E-state index contributed by atoms with van der Waals surface area (Å²) >= 11 is 0. The molecule has 0 unspecified atom stereocenters. The summed E-state index contributed by atoms with van der Waals surface area (Å²) < 4.78 is 67.9. The Bertz CT molecular complexity index is 939. The van der Waals surface area contributed by atoms with Gasteiger partial charge in [0, 0.05) is 25.2 Å². The van der Waals surface area contributed by atoms with Gasteiger partial charge in [-0.3, -0.25) is 0 Å². The number of benzene rings is 2. The van der Waals surface area contributed by atoms with Crippen molar-refractivity contribution in [1.82, 2.24) is 4.31 Å². The zero-order valence-corrected chi connectivity index (χ0v) is 14.4. The number of para-hydroxylation sites is 1. The molecule has 0 amide bonds. The maximum atomic E-state index is 12.6.